The van der Waals surface area contributed by atoms with E-state index in [1.165, 1.54) is 12.5 Å². The number of furan rings is 1. The van der Waals surface area contributed by atoms with Gasteiger partial charge in [0.1, 0.15) is 6.26 Å². The van der Waals surface area contributed by atoms with Crippen LogP contribution < -0.4 is 11.1 Å². The van der Waals surface area contributed by atoms with Crippen molar-refractivity contribution in [1.29, 1.82) is 0 Å². The molecule has 0 aliphatic carbocycles. The first-order valence-electron chi connectivity index (χ1n) is 5.48. The Kier molecular flexibility index (Phi) is 4.12. The van der Waals surface area contributed by atoms with Gasteiger partial charge in [0, 0.05) is 6.04 Å². The zero-order valence-electron chi connectivity index (χ0n) is 10.1. The number of hydrogen-bond acceptors (Lipinski definition) is 3. The van der Waals surface area contributed by atoms with Crippen LogP contribution >= 0.6 is 0 Å². The summed E-state index contributed by atoms with van der Waals surface area (Å²) in [4.78, 5) is 11.8. The lowest BCUT2D eigenvalue weighted by Gasteiger charge is -2.31. The third-order valence-electron chi connectivity index (χ3n) is 2.59. The van der Waals surface area contributed by atoms with E-state index in [1.807, 2.05) is 0 Å². The van der Waals surface area contributed by atoms with Crippen molar-refractivity contribution in [1.82, 2.24) is 5.32 Å². The van der Waals surface area contributed by atoms with E-state index >= 15 is 0 Å². The van der Waals surface area contributed by atoms with E-state index in [0.29, 0.717) is 12.1 Å². The maximum atomic E-state index is 11.8. The molecular weight excluding hydrogens is 204 g/mol. The maximum absolute atomic E-state index is 11.8. The van der Waals surface area contributed by atoms with Crippen LogP contribution in [0.15, 0.2) is 23.0 Å². The zero-order chi connectivity index (χ0) is 12.2. The quantitative estimate of drug-likeness (QED) is 0.819. The van der Waals surface area contributed by atoms with Crippen molar-refractivity contribution in [3.05, 3.63) is 24.2 Å². The Balaban J connectivity index is 2.66. The summed E-state index contributed by atoms with van der Waals surface area (Å²) < 4.78 is 4.88. The predicted octanol–water partition coefficient (Wildman–Crippen LogP) is 1.77. The van der Waals surface area contributed by atoms with Crippen LogP contribution in [0.5, 0.6) is 0 Å². The fraction of sp³-hybridized carbons (Fsp3) is 0.583. The smallest absolute Gasteiger partial charge is 0.254 e. The van der Waals surface area contributed by atoms with Crippen LogP contribution in [0.4, 0.5) is 0 Å². The first-order valence-corrected chi connectivity index (χ1v) is 5.48. The summed E-state index contributed by atoms with van der Waals surface area (Å²) in [5.41, 5.74) is 6.10. The SMILES string of the molecule is CC(C)(C)C(CCN)NC(=O)c1ccoc1. The summed E-state index contributed by atoms with van der Waals surface area (Å²) in [6.45, 7) is 6.82. The van der Waals surface area contributed by atoms with E-state index in [0.717, 1.165) is 6.42 Å². The van der Waals surface area contributed by atoms with Crippen LogP contribution in [0.2, 0.25) is 0 Å². The lowest BCUT2D eigenvalue weighted by molar-refractivity contribution is 0.0898. The average Bonchev–Trinajstić information content (AvgIpc) is 2.68. The van der Waals surface area contributed by atoms with E-state index in [1.54, 1.807) is 6.07 Å². The van der Waals surface area contributed by atoms with E-state index in [9.17, 15) is 4.79 Å². The van der Waals surface area contributed by atoms with Crippen molar-refractivity contribution in [2.45, 2.75) is 33.2 Å². The second-order valence-corrected chi connectivity index (χ2v) is 4.98. The van der Waals surface area contributed by atoms with Crippen molar-refractivity contribution < 1.29 is 9.21 Å². The molecule has 1 unspecified atom stereocenters. The molecule has 0 aliphatic rings. The van der Waals surface area contributed by atoms with Gasteiger partial charge in [-0.3, -0.25) is 4.79 Å². The van der Waals surface area contributed by atoms with Gasteiger partial charge in [0.05, 0.1) is 11.8 Å². The predicted molar refractivity (Wildman–Crippen MR) is 63.1 cm³/mol. The highest BCUT2D eigenvalue weighted by molar-refractivity contribution is 5.93. The topological polar surface area (TPSA) is 68.3 Å². The maximum Gasteiger partial charge on any atom is 0.254 e. The molecule has 1 heterocycles. The summed E-state index contributed by atoms with van der Waals surface area (Å²) in [5.74, 6) is -0.109. The molecule has 0 saturated carbocycles. The van der Waals surface area contributed by atoms with Gasteiger partial charge < -0.3 is 15.5 Å². The standard InChI is InChI=1S/C12H20N2O2/c1-12(2,3)10(4-6-13)14-11(15)9-5-7-16-8-9/h5,7-8,10H,4,6,13H2,1-3H3,(H,14,15). The van der Waals surface area contributed by atoms with E-state index < -0.39 is 0 Å². The highest BCUT2D eigenvalue weighted by Crippen LogP contribution is 2.21. The van der Waals surface area contributed by atoms with Crippen molar-refractivity contribution in [2.24, 2.45) is 11.1 Å². The van der Waals surface area contributed by atoms with E-state index in [2.05, 4.69) is 26.1 Å². The molecule has 0 fully saturated rings. The first kappa shape index (κ1) is 12.8. The lowest BCUT2D eigenvalue weighted by atomic mass is 9.84. The Morgan fingerprint density at radius 2 is 2.25 bits per heavy atom. The van der Waals surface area contributed by atoms with Gasteiger partial charge >= 0.3 is 0 Å². The number of carbonyl (C=O) groups is 1. The number of amides is 1. The van der Waals surface area contributed by atoms with Gasteiger partial charge in [-0.15, -0.1) is 0 Å². The molecule has 1 rings (SSSR count). The van der Waals surface area contributed by atoms with Gasteiger partial charge in [-0.1, -0.05) is 20.8 Å². The molecular formula is C12H20N2O2. The number of rotatable bonds is 4. The number of nitrogens with one attached hydrogen (secondary N) is 1. The monoisotopic (exact) mass is 224 g/mol. The number of carbonyl (C=O) groups excluding carboxylic acids is 1. The summed E-state index contributed by atoms with van der Waals surface area (Å²) in [7, 11) is 0. The van der Waals surface area contributed by atoms with Crippen molar-refractivity contribution in [2.75, 3.05) is 6.54 Å². The molecule has 0 aromatic carbocycles. The Morgan fingerprint density at radius 1 is 1.56 bits per heavy atom. The summed E-state index contributed by atoms with van der Waals surface area (Å²) in [5, 5.41) is 2.98. The van der Waals surface area contributed by atoms with Crippen LogP contribution in [0.3, 0.4) is 0 Å². The third-order valence-corrected chi connectivity index (χ3v) is 2.59. The minimum atomic E-state index is -0.109. The molecule has 0 aliphatic heterocycles. The Hall–Kier alpha value is -1.29. The van der Waals surface area contributed by atoms with E-state index in [-0.39, 0.29) is 17.4 Å². The Morgan fingerprint density at radius 3 is 2.69 bits per heavy atom. The fourth-order valence-corrected chi connectivity index (χ4v) is 1.52. The summed E-state index contributed by atoms with van der Waals surface area (Å²) >= 11 is 0. The van der Waals surface area contributed by atoms with Gasteiger partial charge in [-0.25, -0.2) is 0 Å². The molecule has 1 aromatic heterocycles. The van der Waals surface area contributed by atoms with Crippen molar-refractivity contribution in [3.8, 4) is 0 Å². The molecule has 4 nitrogen and oxygen atoms in total. The van der Waals surface area contributed by atoms with Crippen LogP contribution in [0, 0.1) is 5.41 Å². The molecule has 0 radical (unpaired) electrons. The summed E-state index contributed by atoms with van der Waals surface area (Å²) in [6, 6.07) is 1.72. The molecule has 1 amide bonds. The Bertz CT molecular complexity index is 325. The molecule has 90 valence electrons. The van der Waals surface area contributed by atoms with Crippen molar-refractivity contribution >= 4 is 5.91 Å². The van der Waals surface area contributed by atoms with Gasteiger partial charge in [0.25, 0.3) is 5.91 Å². The van der Waals surface area contributed by atoms with Gasteiger partial charge in [0.2, 0.25) is 0 Å². The molecule has 4 heteroatoms. The van der Waals surface area contributed by atoms with Gasteiger partial charge in [0.15, 0.2) is 0 Å². The minimum absolute atomic E-state index is 0.00122. The third kappa shape index (κ3) is 3.38. The van der Waals surface area contributed by atoms with E-state index in [4.69, 9.17) is 10.2 Å². The second kappa shape index (κ2) is 5.16. The van der Waals surface area contributed by atoms with Crippen LogP contribution in [0.1, 0.15) is 37.6 Å². The average molecular weight is 224 g/mol. The van der Waals surface area contributed by atoms with Gasteiger partial charge in [-0.2, -0.15) is 0 Å². The molecule has 0 saturated heterocycles. The second-order valence-electron chi connectivity index (χ2n) is 4.98. The minimum Gasteiger partial charge on any atom is -0.472 e. The van der Waals surface area contributed by atoms with Crippen LogP contribution in [-0.4, -0.2) is 18.5 Å². The van der Waals surface area contributed by atoms with Gasteiger partial charge in [-0.05, 0) is 24.4 Å². The first-order chi connectivity index (χ1) is 7.45. The molecule has 0 spiro atoms. The highest BCUT2D eigenvalue weighted by Gasteiger charge is 2.25. The lowest BCUT2D eigenvalue weighted by Crippen LogP contribution is -2.44. The highest BCUT2D eigenvalue weighted by atomic mass is 16.3. The van der Waals surface area contributed by atoms with Crippen LogP contribution in [-0.2, 0) is 0 Å². The summed E-state index contributed by atoms with van der Waals surface area (Å²) in [6.07, 6.45) is 3.70. The molecule has 0 bridgehead atoms. The molecule has 1 aromatic rings. The fourth-order valence-electron chi connectivity index (χ4n) is 1.52. The normalized spacial score (nSPS) is 13.5. The zero-order valence-corrected chi connectivity index (χ0v) is 10.1. The van der Waals surface area contributed by atoms with Crippen LogP contribution in [0.25, 0.3) is 0 Å². The largest absolute Gasteiger partial charge is 0.472 e. The Labute approximate surface area is 96.2 Å². The molecule has 16 heavy (non-hydrogen) atoms. The number of hydrogen-bond donors (Lipinski definition) is 2. The number of nitrogens with two attached hydrogens (primary N) is 1. The molecule has 3 N–H and O–H groups in total. The molecule has 1 atom stereocenters. The van der Waals surface area contributed by atoms with Crippen molar-refractivity contribution in [3.63, 3.8) is 0 Å².